The predicted octanol–water partition coefficient (Wildman–Crippen LogP) is 3.25. The molecule has 2 aromatic carbocycles. The fourth-order valence-corrected chi connectivity index (χ4v) is 4.70. The number of halogens is 2. The number of alkyl carbamates (subject to hydrolysis) is 1. The Kier molecular flexibility index (Phi) is 7.60. The Hall–Kier alpha value is -3.53. The van der Waals surface area contributed by atoms with Gasteiger partial charge in [-0.05, 0) is 22.3 Å². The molecule has 0 aromatic heterocycles. The molecular weight excluding hydrogens is 462 g/mol. The molecule has 1 aliphatic carbocycles. The van der Waals surface area contributed by atoms with Gasteiger partial charge >= 0.3 is 12.1 Å². The number of rotatable bonds is 8. The summed E-state index contributed by atoms with van der Waals surface area (Å²) < 4.78 is 37.1. The number of hydrogen-bond acceptors (Lipinski definition) is 5. The zero-order chi connectivity index (χ0) is 24.9. The molecule has 4 rings (SSSR count). The van der Waals surface area contributed by atoms with Gasteiger partial charge in [0.15, 0.2) is 0 Å². The summed E-state index contributed by atoms with van der Waals surface area (Å²) in [6.07, 6.45) is -5.16. The van der Waals surface area contributed by atoms with E-state index in [1.807, 2.05) is 48.5 Å². The lowest BCUT2D eigenvalue weighted by Crippen LogP contribution is -2.56. The summed E-state index contributed by atoms with van der Waals surface area (Å²) >= 11 is 0. The Bertz CT molecular complexity index is 1050. The van der Waals surface area contributed by atoms with E-state index in [4.69, 9.17) is 14.6 Å². The standard InChI is InChI=1S/C25H26F2N2O6/c26-22(27)12-21(24(32)29-9-10-34-13-15(29)11-23(30)31)28-25(33)35-14-20-18-7-3-1-5-16(18)17-6-2-4-8-19(17)20/h1-8,15,20-22H,9-14H2,(H,28,33)(H,30,31). The Balaban J connectivity index is 1.44. The molecule has 2 N–H and O–H groups in total. The number of aliphatic carboxylic acids is 1. The lowest BCUT2D eigenvalue weighted by Gasteiger charge is -2.37. The molecule has 0 saturated carbocycles. The number of nitrogens with one attached hydrogen (secondary N) is 1. The van der Waals surface area contributed by atoms with Gasteiger partial charge in [-0.2, -0.15) is 0 Å². The molecular formula is C25H26F2N2O6. The van der Waals surface area contributed by atoms with Gasteiger partial charge in [0, 0.05) is 18.9 Å². The topological polar surface area (TPSA) is 105 Å². The van der Waals surface area contributed by atoms with Gasteiger partial charge < -0.3 is 24.8 Å². The average Bonchev–Trinajstić information content (AvgIpc) is 3.15. The van der Waals surface area contributed by atoms with Crippen LogP contribution in [0.2, 0.25) is 0 Å². The van der Waals surface area contributed by atoms with Crippen molar-refractivity contribution in [2.45, 2.75) is 37.3 Å². The molecule has 186 valence electrons. The van der Waals surface area contributed by atoms with Crippen molar-refractivity contribution in [1.29, 1.82) is 0 Å². The van der Waals surface area contributed by atoms with E-state index in [0.717, 1.165) is 22.3 Å². The molecule has 0 spiro atoms. The average molecular weight is 488 g/mol. The Morgan fingerprint density at radius 2 is 1.71 bits per heavy atom. The molecule has 35 heavy (non-hydrogen) atoms. The number of carboxylic acids is 1. The van der Waals surface area contributed by atoms with Crippen molar-refractivity contribution >= 4 is 18.0 Å². The van der Waals surface area contributed by atoms with Crippen molar-refractivity contribution < 1.29 is 37.7 Å². The maximum Gasteiger partial charge on any atom is 0.407 e. The van der Waals surface area contributed by atoms with E-state index in [0.29, 0.717) is 0 Å². The first kappa shape index (κ1) is 24.6. The first-order valence-corrected chi connectivity index (χ1v) is 11.3. The molecule has 1 fully saturated rings. The van der Waals surface area contributed by atoms with Gasteiger partial charge in [0.2, 0.25) is 12.3 Å². The van der Waals surface area contributed by atoms with Crippen LogP contribution in [0.5, 0.6) is 0 Å². The predicted molar refractivity (Wildman–Crippen MR) is 121 cm³/mol. The lowest BCUT2D eigenvalue weighted by molar-refractivity contribution is -0.148. The highest BCUT2D eigenvalue weighted by Gasteiger charge is 2.36. The summed E-state index contributed by atoms with van der Waals surface area (Å²) in [6.45, 7) is 0.135. The quantitative estimate of drug-likeness (QED) is 0.591. The zero-order valence-electron chi connectivity index (χ0n) is 18.9. The van der Waals surface area contributed by atoms with Gasteiger partial charge in [0.25, 0.3) is 0 Å². The Labute approximate surface area is 200 Å². The van der Waals surface area contributed by atoms with Crippen molar-refractivity contribution in [3.8, 4) is 11.1 Å². The van der Waals surface area contributed by atoms with Crippen LogP contribution in [0.15, 0.2) is 48.5 Å². The number of hydrogen-bond donors (Lipinski definition) is 2. The van der Waals surface area contributed by atoms with E-state index < -0.39 is 49.3 Å². The van der Waals surface area contributed by atoms with E-state index in [1.165, 1.54) is 4.90 Å². The zero-order valence-corrected chi connectivity index (χ0v) is 18.9. The number of nitrogens with zero attached hydrogens (tertiary/aromatic N) is 1. The summed E-state index contributed by atoms with van der Waals surface area (Å²) in [6, 6.07) is 13.2. The number of amides is 2. The van der Waals surface area contributed by atoms with Crippen LogP contribution in [-0.2, 0) is 19.1 Å². The van der Waals surface area contributed by atoms with Gasteiger partial charge in [-0.3, -0.25) is 9.59 Å². The lowest BCUT2D eigenvalue weighted by atomic mass is 9.98. The van der Waals surface area contributed by atoms with Gasteiger partial charge in [0.05, 0.1) is 25.7 Å². The van der Waals surface area contributed by atoms with Gasteiger partial charge in [-0.25, -0.2) is 13.6 Å². The highest BCUT2D eigenvalue weighted by molar-refractivity contribution is 5.86. The number of carbonyl (C=O) groups is 3. The van der Waals surface area contributed by atoms with Crippen LogP contribution in [0.3, 0.4) is 0 Å². The van der Waals surface area contributed by atoms with Crippen molar-refractivity contribution in [2.24, 2.45) is 0 Å². The van der Waals surface area contributed by atoms with Crippen LogP contribution in [-0.4, -0.2) is 72.9 Å². The summed E-state index contributed by atoms with van der Waals surface area (Å²) in [5, 5.41) is 11.4. The summed E-state index contributed by atoms with van der Waals surface area (Å²) in [4.78, 5) is 38.0. The summed E-state index contributed by atoms with van der Waals surface area (Å²) in [7, 11) is 0. The second kappa shape index (κ2) is 10.8. The Morgan fingerprint density at radius 1 is 1.09 bits per heavy atom. The highest BCUT2D eigenvalue weighted by Crippen LogP contribution is 2.44. The minimum absolute atomic E-state index is 0.0234. The SMILES string of the molecule is O=C(O)CC1COCCN1C(=O)C(CC(F)F)NC(=O)OCC1c2ccccc2-c2ccccc21. The van der Waals surface area contributed by atoms with E-state index in [2.05, 4.69) is 5.32 Å². The number of carbonyl (C=O) groups excluding carboxylic acids is 2. The van der Waals surface area contributed by atoms with Crippen LogP contribution in [0, 0.1) is 0 Å². The third-order valence-electron chi connectivity index (χ3n) is 6.27. The molecule has 2 unspecified atom stereocenters. The minimum Gasteiger partial charge on any atom is -0.481 e. The molecule has 1 heterocycles. The number of morpholine rings is 1. The first-order chi connectivity index (χ1) is 16.8. The van der Waals surface area contributed by atoms with E-state index in [9.17, 15) is 23.2 Å². The molecule has 0 bridgehead atoms. The van der Waals surface area contributed by atoms with Crippen LogP contribution in [0.1, 0.15) is 29.9 Å². The third kappa shape index (κ3) is 5.59. The van der Waals surface area contributed by atoms with Crippen molar-refractivity contribution in [3.05, 3.63) is 59.7 Å². The second-order valence-electron chi connectivity index (χ2n) is 8.51. The van der Waals surface area contributed by atoms with Gasteiger partial charge in [-0.1, -0.05) is 48.5 Å². The monoisotopic (exact) mass is 488 g/mol. The molecule has 10 heteroatoms. The van der Waals surface area contributed by atoms with E-state index in [1.54, 1.807) is 0 Å². The molecule has 1 saturated heterocycles. The largest absolute Gasteiger partial charge is 0.481 e. The molecule has 1 aliphatic heterocycles. The summed E-state index contributed by atoms with van der Waals surface area (Å²) in [5.74, 6) is -2.15. The van der Waals surface area contributed by atoms with Crippen molar-refractivity contribution in [1.82, 2.24) is 10.2 Å². The van der Waals surface area contributed by atoms with E-state index in [-0.39, 0.29) is 32.3 Å². The number of fused-ring (bicyclic) bond motifs is 3. The minimum atomic E-state index is -2.86. The molecule has 2 amide bonds. The Morgan fingerprint density at radius 3 is 2.31 bits per heavy atom. The molecule has 2 aliphatic rings. The van der Waals surface area contributed by atoms with Crippen LogP contribution in [0.25, 0.3) is 11.1 Å². The maximum absolute atomic E-state index is 13.3. The number of alkyl halides is 2. The molecule has 2 aromatic rings. The number of carboxylic acid groups (broad SMARTS) is 1. The van der Waals surface area contributed by atoms with Crippen molar-refractivity contribution in [2.75, 3.05) is 26.4 Å². The smallest absolute Gasteiger partial charge is 0.407 e. The number of ether oxygens (including phenoxy) is 2. The fourth-order valence-electron chi connectivity index (χ4n) is 4.70. The molecule has 8 nitrogen and oxygen atoms in total. The van der Waals surface area contributed by atoms with Crippen LogP contribution < -0.4 is 5.32 Å². The molecule has 0 radical (unpaired) electrons. The first-order valence-electron chi connectivity index (χ1n) is 11.3. The maximum atomic E-state index is 13.3. The normalized spacial score (nSPS) is 18.0. The van der Waals surface area contributed by atoms with Crippen LogP contribution in [0.4, 0.5) is 13.6 Å². The fraction of sp³-hybridized carbons (Fsp3) is 0.400. The van der Waals surface area contributed by atoms with Crippen molar-refractivity contribution in [3.63, 3.8) is 0 Å². The van der Waals surface area contributed by atoms with E-state index >= 15 is 0 Å². The number of benzene rings is 2. The highest BCUT2D eigenvalue weighted by atomic mass is 19.3. The molecule has 2 atom stereocenters. The summed E-state index contributed by atoms with van der Waals surface area (Å²) in [5.41, 5.74) is 4.07. The van der Waals surface area contributed by atoms with Gasteiger partial charge in [-0.15, -0.1) is 0 Å². The second-order valence-corrected chi connectivity index (χ2v) is 8.51. The van der Waals surface area contributed by atoms with Gasteiger partial charge in [0.1, 0.15) is 12.6 Å². The third-order valence-corrected chi connectivity index (χ3v) is 6.27. The van der Waals surface area contributed by atoms with Crippen LogP contribution >= 0.6 is 0 Å².